The van der Waals surface area contributed by atoms with Crippen LogP contribution in [-0.2, 0) is 9.53 Å². The molecule has 3 nitrogen and oxygen atoms in total. The minimum absolute atomic E-state index is 0.0801. The van der Waals surface area contributed by atoms with Gasteiger partial charge in [-0.25, -0.2) is 0 Å². The van der Waals surface area contributed by atoms with Crippen LogP contribution in [0.15, 0.2) is 0 Å². The first kappa shape index (κ1) is 13.2. The first-order valence-corrected chi connectivity index (χ1v) is 6.94. The predicted octanol–water partition coefficient (Wildman–Crippen LogP) is 2.28. The molecule has 0 bridgehead atoms. The molecular formula is C13H22ClNO2. The van der Waals surface area contributed by atoms with Gasteiger partial charge < -0.3 is 9.64 Å². The second-order valence-electron chi connectivity index (χ2n) is 5.57. The maximum absolute atomic E-state index is 12.0. The van der Waals surface area contributed by atoms with Gasteiger partial charge >= 0.3 is 0 Å². The highest BCUT2D eigenvalue weighted by molar-refractivity contribution is 6.30. The Morgan fingerprint density at radius 3 is 3.00 bits per heavy atom. The second kappa shape index (κ2) is 5.15. The van der Waals surface area contributed by atoms with Crippen LogP contribution < -0.4 is 0 Å². The summed E-state index contributed by atoms with van der Waals surface area (Å²) in [6.07, 6.45) is 4.96. The maximum Gasteiger partial charge on any atom is 0.240 e. The molecule has 98 valence electrons. The predicted molar refractivity (Wildman–Crippen MR) is 68.2 cm³/mol. The normalized spacial score (nSPS) is 34.5. The fourth-order valence-electron chi connectivity index (χ4n) is 3.52. The molecule has 2 aliphatic rings. The zero-order valence-electron chi connectivity index (χ0n) is 10.7. The van der Waals surface area contributed by atoms with Crippen LogP contribution in [0.25, 0.3) is 0 Å². The van der Waals surface area contributed by atoms with Crippen LogP contribution in [-0.4, -0.2) is 43.0 Å². The lowest BCUT2D eigenvalue weighted by Gasteiger charge is -2.37. The van der Waals surface area contributed by atoms with Gasteiger partial charge in [0.2, 0.25) is 5.91 Å². The number of amides is 1. The highest BCUT2D eigenvalue weighted by Gasteiger charge is 2.49. The zero-order valence-corrected chi connectivity index (χ0v) is 11.5. The van der Waals surface area contributed by atoms with E-state index in [2.05, 4.69) is 0 Å². The first-order chi connectivity index (χ1) is 8.09. The molecule has 0 aromatic carbocycles. The van der Waals surface area contributed by atoms with Gasteiger partial charge in [0.05, 0.1) is 6.61 Å². The molecule has 3 atom stereocenters. The molecule has 0 spiro atoms. The van der Waals surface area contributed by atoms with Crippen molar-refractivity contribution in [3.8, 4) is 0 Å². The van der Waals surface area contributed by atoms with Crippen molar-refractivity contribution < 1.29 is 9.53 Å². The van der Waals surface area contributed by atoms with E-state index in [1.165, 1.54) is 25.7 Å². The van der Waals surface area contributed by atoms with E-state index in [9.17, 15) is 4.79 Å². The monoisotopic (exact) mass is 259 g/mol. The van der Waals surface area contributed by atoms with Crippen molar-refractivity contribution in [1.82, 2.24) is 4.90 Å². The van der Waals surface area contributed by atoms with Crippen LogP contribution in [0.5, 0.6) is 0 Å². The molecule has 0 unspecified atom stereocenters. The first-order valence-electron chi connectivity index (χ1n) is 6.51. The molecule has 1 saturated heterocycles. The lowest BCUT2D eigenvalue weighted by molar-refractivity contribution is -0.130. The van der Waals surface area contributed by atoms with Gasteiger partial charge in [-0.3, -0.25) is 4.79 Å². The number of carbonyl (C=O) groups excluding carboxylic acids is 1. The fraction of sp³-hybridized carbons (Fsp3) is 0.923. The lowest BCUT2D eigenvalue weighted by Crippen LogP contribution is -2.39. The van der Waals surface area contributed by atoms with E-state index in [0.29, 0.717) is 5.92 Å². The number of rotatable bonds is 3. The Morgan fingerprint density at radius 1 is 1.59 bits per heavy atom. The van der Waals surface area contributed by atoms with E-state index >= 15 is 0 Å². The maximum atomic E-state index is 12.0. The number of halogens is 1. The van der Waals surface area contributed by atoms with Crippen LogP contribution in [0.1, 0.15) is 32.6 Å². The van der Waals surface area contributed by atoms with Gasteiger partial charge in [0, 0.05) is 25.6 Å². The molecule has 1 heterocycles. The van der Waals surface area contributed by atoms with E-state index in [1.807, 2.05) is 4.90 Å². The smallest absolute Gasteiger partial charge is 0.240 e. The van der Waals surface area contributed by atoms with E-state index in [1.54, 1.807) is 14.0 Å². The molecule has 1 amide bonds. The summed E-state index contributed by atoms with van der Waals surface area (Å²) >= 11 is 5.91. The molecule has 4 heteroatoms. The molecule has 1 aliphatic carbocycles. The number of hydrogen-bond acceptors (Lipinski definition) is 2. The number of ether oxygens (including phenoxy) is 1. The summed E-state index contributed by atoms with van der Waals surface area (Å²) in [6, 6.07) is 0. The Bertz CT molecular complexity index is 291. The van der Waals surface area contributed by atoms with E-state index < -0.39 is 5.38 Å². The fourth-order valence-corrected chi connectivity index (χ4v) is 3.66. The Labute approximate surface area is 108 Å². The van der Waals surface area contributed by atoms with Crippen molar-refractivity contribution >= 4 is 17.5 Å². The summed E-state index contributed by atoms with van der Waals surface area (Å²) in [4.78, 5) is 13.9. The van der Waals surface area contributed by atoms with Gasteiger partial charge in [0.25, 0.3) is 0 Å². The third-order valence-electron chi connectivity index (χ3n) is 4.37. The van der Waals surface area contributed by atoms with E-state index in [4.69, 9.17) is 16.3 Å². The quantitative estimate of drug-likeness (QED) is 0.728. The van der Waals surface area contributed by atoms with Crippen molar-refractivity contribution in [2.24, 2.45) is 11.3 Å². The number of hydrogen-bond donors (Lipinski definition) is 0. The summed E-state index contributed by atoms with van der Waals surface area (Å²) < 4.78 is 5.40. The Hall–Kier alpha value is -0.280. The SMILES string of the molecule is COC[C@]12CCCC[C@H]1CN(C(=O)[C@H](C)Cl)C2. The molecule has 0 radical (unpaired) electrons. The van der Waals surface area contributed by atoms with Gasteiger partial charge in [0.15, 0.2) is 0 Å². The third-order valence-corrected chi connectivity index (χ3v) is 4.56. The lowest BCUT2D eigenvalue weighted by atomic mass is 9.69. The van der Waals surface area contributed by atoms with Gasteiger partial charge in [-0.05, 0) is 25.7 Å². The molecule has 0 N–H and O–H groups in total. The Kier molecular flexibility index (Phi) is 3.99. The molecule has 1 aliphatic heterocycles. The molecule has 0 aromatic rings. The summed E-state index contributed by atoms with van der Waals surface area (Å²) in [6.45, 7) is 4.24. The molecule has 2 fully saturated rings. The number of nitrogens with zero attached hydrogens (tertiary/aromatic N) is 1. The number of carbonyl (C=O) groups is 1. The highest BCUT2D eigenvalue weighted by Crippen LogP contribution is 2.47. The van der Waals surface area contributed by atoms with Crippen LogP contribution in [0.4, 0.5) is 0 Å². The minimum atomic E-state index is -0.408. The number of methoxy groups -OCH3 is 1. The van der Waals surface area contributed by atoms with Gasteiger partial charge in [-0.15, -0.1) is 11.6 Å². The van der Waals surface area contributed by atoms with Crippen molar-refractivity contribution in [2.75, 3.05) is 26.8 Å². The highest BCUT2D eigenvalue weighted by atomic mass is 35.5. The largest absolute Gasteiger partial charge is 0.384 e. The number of likely N-dealkylation sites (tertiary alicyclic amines) is 1. The van der Waals surface area contributed by atoms with Crippen molar-refractivity contribution in [3.63, 3.8) is 0 Å². The summed E-state index contributed by atoms with van der Waals surface area (Å²) in [5.41, 5.74) is 0.203. The van der Waals surface area contributed by atoms with Gasteiger partial charge in [-0.1, -0.05) is 12.8 Å². The topological polar surface area (TPSA) is 29.5 Å². The summed E-state index contributed by atoms with van der Waals surface area (Å²) in [5, 5.41) is -0.408. The molecule has 0 aromatic heterocycles. The number of fused-ring (bicyclic) bond motifs is 1. The molecular weight excluding hydrogens is 238 g/mol. The van der Waals surface area contributed by atoms with Gasteiger partial charge in [0.1, 0.15) is 5.38 Å². The third kappa shape index (κ3) is 2.45. The Balaban J connectivity index is 2.10. The average molecular weight is 260 g/mol. The van der Waals surface area contributed by atoms with Crippen LogP contribution >= 0.6 is 11.6 Å². The standard InChI is InChI=1S/C13H22ClNO2/c1-10(14)12(16)15-7-11-5-3-4-6-13(11,8-15)9-17-2/h10-11H,3-9H2,1-2H3/t10-,11-,13+/m0/s1. The molecule has 17 heavy (non-hydrogen) atoms. The van der Waals surface area contributed by atoms with Crippen molar-refractivity contribution in [3.05, 3.63) is 0 Å². The van der Waals surface area contributed by atoms with Crippen LogP contribution in [0.2, 0.25) is 0 Å². The van der Waals surface area contributed by atoms with E-state index in [-0.39, 0.29) is 11.3 Å². The minimum Gasteiger partial charge on any atom is -0.384 e. The summed E-state index contributed by atoms with van der Waals surface area (Å²) in [5.74, 6) is 0.687. The summed E-state index contributed by atoms with van der Waals surface area (Å²) in [7, 11) is 1.76. The second-order valence-corrected chi connectivity index (χ2v) is 6.23. The molecule has 1 saturated carbocycles. The zero-order chi connectivity index (χ0) is 12.5. The average Bonchev–Trinajstić information content (AvgIpc) is 2.67. The van der Waals surface area contributed by atoms with Crippen molar-refractivity contribution in [1.29, 1.82) is 0 Å². The Morgan fingerprint density at radius 2 is 2.35 bits per heavy atom. The van der Waals surface area contributed by atoms with Gasteiger partial charge in [-0.2, -0.15) is 0 Å². The molecule has 2 rings (SSSR count). The number of alkyl halides is 1. The van der Waals surface area contributed by atoms with Crippen LogP contribution in [0, 0.1) is 11.3 Å². The van der Waals surface area contributed by atoms with Crippen molar-refractivity contribution in [2.45, 2.75) is 38.0 Å². The van der Waals surface area contributed by atoms with E-state index in [0.717, 1.165) is 19.7 Å². The van der Waals surface area contributed by atoms with Crippen LogP contribution in [0.3, 0.4) is 0 Å².